The van der Waals surface area contributed by atoms with Crippen molar-refractivity contribution in [2.75, 3.05) is 17.7 Å². The van der Waals surface area contributed by atoms with Crippen LogP contribution in [0.1, 0.15) is 21.7 Å². The number of rotatable bonds is 5. The number of aryl methyl sites for hydroxylation is 1. The molecule has 7 heteroatoms. The fourth-order valence-electron chi connectivity index (χ4n) is 2.37. The topological polar surface area (TPSA) is 99.9 Å². The molecule has 0 atom stereocenters. The Morgan fingerprint density at radius 3 is 2.33 bits per heavy atom. The number of nitrogens with zero attached hydrogens (tertiary/aromatic N) is 3. The molecular weight excluding hydrogens is 342 g/mol. The number of ether oxygens (including phenoxy) is 1. The molecule has 0 bridgehead atoms. The highest BCUT2D eigenvalue weighted by molar-refractivity contribution is 6.03. The van der Waals surface area contributed by atoms with E-state index in [1.165, 1.54) is 0 Å². The van der Waals surface area contributed by atoms with E-state index in [0.29, 0.717) is 22.9 Å². The van der Waals surface area contributed by atoms with Crippen LogP contribution in [0.2, 0.25) is 0 Å². The first-order valence-electron chi connectivity index (χ1n) is 8.15. The van der Waals surface area contributed by atoms with Crippen molar-refractivity contribution in [2.45, 2.75) is 6.92 Å². The quantitative estimate of drug-likeness (QED) is 0.721. The van der Waals surface area contributed by atoms with E-state index in [1.54, 1.807) is 44.4 Å². The summed E-state index contributed by atoms with van der Waals surface area (Å²) in [4.78, 5) is 21.1. The predicted molar refractivity (Wildman–Crippen MR) is 102 cm³/mol. The van der Waals surface area contributed by atoms with Gasteiger partial charge in [0.25, 0.3) is 5.91 Å². The maximum Gasteiger partial charge on any atom is 0.274 e. The van der Waals surface area contributed by atoms with Gasteiger partial charge in [0.05, 0.1) is 18.7 Å². The van der Waals surface area contributed by atoms with Crippen LogP contribution in [0.25, 0.3) is 0 Å². The molecule has 2 aromatic carbocycles. The second-order valence-electron chi connectivity index (χ2n) is 5.71. The lowest BCUT2D eigenvalue weighted by atomic mass is 10.2. The Balaban J connectivity index is 1.76. The van der Waals surface area contributed by atoms with Gasteiger partial charge in [-0.3, -0.25) is 4.79 Å². The number of carbonyl (C=O) groups is 1. The van der Waals surface area contributed by atoms with Crippen LogP contribution >= 0.6 is 0 Å². The molecule has 0 aliphatic rings. The minimum Gasteiger partial charge on any atom is -0.497 e. The Kier molecular flexibility index (Phi) is 5.28. The molecule has 0 unspecified atom stereocenters. The van der Waals surface area contributed by atoms with E-state index in [0.717, 1.165) is 11.4 Å². The molecule has 2 N–H and O–H groups in total. The smallest absolute Gasteiger partial charge is 0.274 e. The Labute approximate surface area is 156 Å². The lowest BCUT2D eigenvalue weighted by Crippen LogP contribution is -2.15. The summed E-state index contributed by atoms with van der Waals surface area (Å²) < 4.78 is 5.13. The van der Waals surface area contributed by atoms with Crippen molar-refractivity contribution in [3.63, 3.8) is 0 Å². The second-order valence-corrected chi connectivity index (χ2v) is 5.71. The van der Waals surface area contributed by atoms with Gasteiger partial charge in [0.2, 0.25) is 5.95 Å². The molecule has 0 fully saturated rings. The number of anilines is 3. The first-order chi connectivity index (χ1) is 13.1. The molecule has 1 aromatic heterocycles. The van der Waals surface area contributed by atoms with Gasteiger partial charge in [-0.15, -0.1) is 0 Å². The monoisotopic (exact) mass is 359 g/mol. The van der Waals surface area contributed by atoms with Crippen LogP contribution in [0, 0.1) is 18.3 Å². The number of nitrogens with one attached hydrogen (secondary N) is 2. The maximum atomic E-state index is 12.5. The minimum atomic E-state index is -0.358. The van der Waals surface area contributed by atoms with Crippen molar-refractivity contribution in [3.05, 3.63) is 71.5 Å². The first kappa shape index (κ1) is 17.9. The van der Waals surface area contributed by atoms with Crippen molar-refractivity contribution in [1.29, 1.82) is 5.26 Å². The summed E-state index contributed by atoms with van der Waals surface area (Å²) in [5, 5.41) is 14.7. The molecule has 3 aromatic rings. The molecule has 0 saturated heterocycles. The van der Waals surface area contributed by atoms with Gasteiger partial charge >= 0.3 is 0 Å². The number of hydrogen-bond donors (Lipinski definition) is 2. The summed E-state index contributed by atoms with van der Waals surface area (Å²) >= 11 is 0. The highest BCUT2D eigenvalue weighted by Gasteiger charge is 2.11. The van der Waals surface area contributed by atoms with E-state index < -0.39 is 0 Å². The van der Waals surface area contributed by atoms with Crippen molar-refractivity contribution < 1.29 is 9.53 Å². The van der Waals surface area contributed by atoms with Crippen molar-refractivity contribution in [3.8, 4) is 11.8 Å². The average Bonchev–Trinajstić information content (AvgIpc) is 2.68. The molecule has 0 saturated carbocycles. The fraction of sp³-hybridized carbons (Fsp3) is 0.100. The van der Waals surface area contributed by atoms with Crippen molar-refractivity contribution in [2.24, 2.45) is 0 Å². The van der Waals surface area contributed by atoms with Crippen LogP contribution in [-0.4, -0.2) is 23.0 Å². The fourth-order valence-corrected chi connectivity index (χ4v) is 2.37. The summed E-state index contributed by atoms with van der Waals surface area (Å²) in [5.41, 5.74) is 2.78. The highest BCUT2D eigenvalue weighted by atomic mass is 16.5. The summed E-state index contributed by atoms with van der Waals surface area (Å²) in [5.74, 6) is 0.710. The number of methoxy groups -OCH3 is 1. The van der Waals surface area contributed by atoms with Gasteiger partial charge in [0, 0.05) is 17.1 Å². The normalized spacial score (nSPS) is 9.96. The molecule has 0 aliphatic heterocycles. The van der Waals surface area contributed by atoms with Crippen LogP contribution in [0.5, 0.6) is 5.75 Å². The minimum absolute atomic E-state index is 0.239. The third kappa shape index (κ3) is 4.58. The first-order valence-corrected chi connectivity index (χ1v) is 8.15. The summed E-state index contributed by atoms with van der Waals surface area (Å²) in [7, 11) is 1.60. The number of aromatic nitrogens is 2. The molecule has 0 radical (unpaired) electrons. The molecule has 0 spiro atoms. The Morgan fingerprint density at radius 2 is 1.70 bits per heavy atom. The largest absolute Gasteiger partial charge is 0.497 e. The second kappa shape index (κ2) is 7.97. The van der Waals surface area contributed by atoms with Crippen LogP contribution in [0.3, 0.4) is 0 Å². The zero-order valence-electron chi connectivity index (χ0n) is 14.9. The Morgan fingerprint density at radius 1 is 1.04 bits per heavy atom. The third-order valence-electron chi connectivity index (χ3n) is 3.70. The van der Waals surface area contributed by atoms with Crippen LogP contribution < -0.4 is 15.4 Å². The van der Waals surface area contributed by atoms with Crippen molar-refractivity contribution >= 4 is 23.2 Å². The highest BCUT2D eigenvalue weighted by Crippen LogP contribution is 2.18. The average molecular weight is 359 g/mol. The van der Waals surface area contributed by atoms with Gasteiger partial charge in [-0.1, -0.05) is 0 Å². The number of amides is 1. The lowest BCUT2D eigenvalue weighted by Gasteiger charge is -2.09. The van der Waals surface area contributed by atoms with Crippen molar-refractivity contribution in [1.82, 2.24) is 9.97 Å². The molecule has 0 aliphatic carbocycles. The van der Waals surface area contributed by atoms with Gasteiger partial charge in [-0.25, -0.2) is 9.97 Å². The number of carbonyl (C=O) groups excluding carboxylic acids is 1. The molecular formula is C20H17N5O2. The number of benzene rings is 2. The van der Waals surface area contributed by atoms with Gasteiger partial charge in [-0.2, -0.15) is 5.26 Å². The zero-order valence-corrected chi connectivity index (χ0v) is 14.9. The standard InChI is InChI=1S/C20H17N5O2/c1-13-11-18(19(26)23-15-5-3-14(12-21)4-6-15)25-20(22-13)24-16-7-9-17(27-2)10-8-16/h3-11H,1-2H3,(H,23,26)(H,22,24,25). The van der Waals surface area contributed by atoms with E-state index in [2.05, 4.69) is 20.6 Å². The van der Waals surface area contributed by atoms with E-state index in [9.17, 15) is 4.79 Å². The van der Waals surface area contributed by atoms with Crippen LogP contribution in [-0.2, 0) is 0 Å². The van der Waals surface area contributed by atoms with E-state index in [4.69, 9.17) is 10.00 Å². The van der Waals surface area contributed by atoms with Crippen LogP contribution in [0.15, 0.2) is 54.6 Å². The summed E-state index contributed by atoms with van der Waals surface area (Å²) in [6, 6.07) is 17.6. The molecule has 1 amide bonds. The van der Waals surface area contributed by atoms with E-state index in [1.807, 2.05) is 30.3 Å². The third-order valence-corrected chi connectivity index (χ3v) is 3.70. The van der Waals surface area contributed by atoms with E-state index >= 15 is 0 Å². The lowest BCUT2D eigenvalue weighted by molar-refractivity contribution is 0.102. The SMILES string of the molecule is COc1ccc(Nc2nc(C)cc(C(=O)Nc3ccc(C#N)cc3)n2)cc1. The predicted octanol–water partition coefficient (Wildman–Crippen LogP) is 3.66. The number of hydrogen-bond acceptors (Lipinski definition) is 6. The zero-order chi connectivity index (χ0) is 19.2. The summed E-state index contributed by atoms with van der Waals surface area (Å²) in [6.45, 7) is 1.79. The van der Waals surface area contributed by atoms with E-state index in [-0.39, 0.29) is 11.6 Å². The summed E-state index contributed by atoms with van der Waals surface area (Å²) in [6.07, 6.45) is 0. The van der Waals surface area contributed by atoms with Gasteiger partial charge < -0.3 is 15.4 Å². The molecule has 134 valence electrons. The molecule has 7 nitrogen and oxygen atoms in total. The Bertz CT molecular complexity index is 992. The maximum absolute atomic E-state index is 12.5. The van der Waals surface area contributed by atoms with Gasteiger partial charge in [0.15, 0.2) is 0 Å². The van der Waals surface area contributed by atoms with Crippen LogP contribution in [0.4, 0.5) is 17.3 Å². The Hall–Kier alpha value is -3.92. The molecule has 27 heavy (non-hydrogen) atoms. The van der Waals surface area contributed by atoms with Gasteiger partial charge in [-0.05, 0) is 61.5 Å². The molecule has 3 rings (SSSR count). The number of nitriles is 1. The van der Waals surface area contributed by atoms with Gasteiger partial charge in [0.1, 0.15) is 11.4 Å². The molecule has 1 heterocycles.